The van der Waals surface area contributed by atoms with E-state index in [9.17, 15) is 4.79 Å². The highest BCUT2D eigenvalue weighted by atomic mass is 16.2. The number of nitrogens with zero attached hydrogens (tertiary/aromatic N) is 5. The summed E-state index contributed by atoms with van der Waals surface area (Å²) >= 11 is 0. The molecule has 0 radical (unpaired) electrons. The molecule has 156 valence electrons. The Kier molecular flexibility index (Phi) is 6.60. The van der Waals surface area contributed by atoms with Crippen LogP contribution in [0.5, 0.6) is 0 Å². The normalized spacial score (nSPS) is 21.4. The standard InChI is InChI=1S/C23H33N5O/c1-19-24-10-14-27(19)16-21-5-4-11-28(17-21)23(29)15-20-7-12-26(13-8-20)18-22-6-2-3-9-25-22/h2-3,6,9-10,14,20-21H,4-5,7-8,11-13,15-18H2,1H3. The minimum atomic E-state index is 0.361. The van der Waals surface area contributed by atoms with E-state index in [-0.39, 0.29) is 0 Å². The van der Waals surface area contributed by atoms with Gasteiger partial charge in [-0.2, -0.15) is 0 Å². The first kappa shape index (κ1) is 20.1. The molecule has 0 aliphatic carbocycles. The van der Waals surface area contributed by atoms with E-state index in [1.54, 1.807) is 0 Å². The SMILES string of the molecule is Cc1nccn1CC1CCCN(C(=O)CC2CCN(Cc3ccccn3)CC2)C1. The first-order valence-electron chi connectivity index (χ1n) is 11.0. The highest BCUT2D eigenvalue weighted by molar-refractivity contribution is 5.76. The van der Waals surface area contributed by atoms with Gasteiger partial charge in [0.2, 0.25) is 5.91 Å². The van der Waals surface area contributed by atoms with Gasteiger partial charge >= 0.3 is 0 Å². The number of aromatic nitrogens is 3. The molecule has 2 fully saturated rings. The summed E-state index contributed by atoms with van der Waals surface area (Å²) in [6.45, 7) is 7.90. The quantitative estimate of drug-likeness (QED) is 0.754. The highest BCUT2D eigenvalue weighted by Gasteiger charge is 2.27. The van der Waals surface area contributed by atoms with E-state index in [0.29, 0.717) is 24.2 Å². The van der Waals surface area contributed by atoms with Crippen molar-refractivity contribution in [1.29, 1.82) is 0 Å². The van der Waals surface area contributed by atoms with Crippen molar-refractivity contribution in [1.82, 2.24) is 24.3 Å². The molecular weight excluding hydrogens is 362 g/mol. The zero-order valence-corrected chi connectivity index (χ0v) is 17.5. The molecule has 4 heterocycles. The third kappa shape index (κ3) is 5.44. The second-order valence-corrected chi connectivity index (χ2v) is 8.72. The average molecular weight is 396 g/mol. The number of hydrogen-bond donors (Lipinski definition) is 0. The van der Waals surface area contributed by atoms with Gasteiger partial charge in [0.15, 0.2) is 0 Å². The molecule has 0 aromatic carbocycles. The molecule has 2 aromatic heterocycles. The molecule has 0 N–H and O–H groups in total. The lowest BCUT2D eigenvalue weighted by Crippen LogP contribution is -2.42. The molecular formula is C23H33N5O. The summed E-state index contributed by atoms with van der Waals surface area (Å²) in [7, 11) is 0. The van der Waals surface area contributed by atoms with Crippen LogP contribution in [-0.4, -0.2) is 56.4 Å². The predicted molar refractivity (Wildman–Crippen MR) is 113 cm³/mol. The fourth-order valence-corrected chi connectivity index (χ4v) is 4.76. The summed E-state index contributed by atoms with van der Waals surface area (Å²) in [5.74, 6) is 2.49. The lowest BCUT2D eigenvalue weighted by Gasteiger charge is -2.36. The van der Waals surface area contributed by atoms with Crippen LogP contribution in [0, 0.1) is 18.8 Å². The predicted octanol–water partition coefficient (Wildman–Crippen LogP) is 3.13. The number of hydrogen-bond acceptors (Lipinski definition) is 4. The number of pyridine rings is 1. The Bertz CT molecular complexity index is 782. The van der Waals surface area contributed by atoms with E-state index >= 15 is 0 Å². The number of carbonyl (C=O) groups is 1. The minimum Gasteiger partial charge on any atom is -0.342 e. The Labute approximate surface area is 173 Å². The van der Waals surface area contributed by atoms with Crippen LogP contribution in [0.25, 0.3) is 0 Å². The van der Waals surface area contributed by atoms with E-state index < -0.39 is 0 Å². The molecule has 29 heavy (non-hydrogen) atoms. The monoisotopic (exact) mass is 395 g/mol. The first-order chi connectivity index (χ1) is 14.2. The van der Waals surface area contributed by atoms with Crippen molar-refractivity contribution in [3.8, 4) is 0 Å². The van der Waals surface area contributed by atoms with E-state index in [1.807, 2.05) is 31.5 Å². The van der Waals surface area contributed by atoms with Gasteiger partial charge in [-0.05, 0) is 69.7 Å². The first-order valence-corrected chi connectivity index (χ1v) is 11.0. The average Bonchev–Trinajstić information content (AvgIpc) is 3.15. The third-order valence-corrected chi connectivity index (χ3v) is 6.53. The molecule has 0 spiro atoms. The number of likely N-dealkylation sites (tertiary alicyclic amines) is 2. The molecule has 1 unspecified atom stereocenters. The Hall–Kier alpha value is -2.21. The summed E-state index contributed by atoms with van der Waals surface area (Å²) in [6.07, 6.45) is 11.0. The van der Waals surface area contributed by atoms with Gasteiger partial charge in [-0.25, -0.2) is 4.98 Å². The Balaban J connectivity index is 1.22. The fraction of sp³-hybridized carbons (Fsp3) is 0.609. The number of carbonyl (C=O) groups excluding carboxylic acids is 1. The zero-order chi connectivity index (χ0) is 20.1. The molecule has 0 bridgehead atoms. The van der Waals surface area contributed by atoms with Crippen molar-refractivity contribution in [2.45, 2.75) is 52.1 Å². The summed E-state index contributed by atoms with van der Waals surface area (Å²) in [6, 6.07) is 6.10. The van der Waals surface area contributed by atoms with Crippen molar-refractivity contribution in [3.05, 3.63) is 48.3 Å². The summed E-state index contributed by atoms with van der Waals surface area (Å²) < 4.78 is 2.22. The smallest absolute Gasteiger partial charge is 0.222 e. The van der Waals surface area contributed by atoms with Gasteiger partial charge in [0.25, 0.3) is 0 Å². The maximum atomic E-state index is 12.9. The van der Waals surface area contributed by atoms with Gasteiger partial charge in [-0.3, -0.25) is 14.7 Å². The Morgan fingerprint density at radius 1 is 1.07 bits per heavy atom. The third-order valence-electron chi connectivity index (χ3n) is 6.53. The van der Waals surface area contributed by atoms with Crippen LogP contribution in [0.4, 0.5) is 0 Å². The van der Waals surface area contributed by atoms with Crippen molar-refractivity contribution < 1.29 is 4.79 Å². The lowest BCUT2D eigenvalue weighted by molar-refractivity contribution is -0.134. The molecule has 6 heteroatoms. The van der Waals surface area contributed by atoms with Crippen LogP contribution in [0.3, 0.4) is 0 Å². The van der Waals surface area contributed by atoms with Crippen molar-refractivity contribution in [2.75, 3.05) is 26.2 Å². The number of amides is 1. The largest absolute Gasteiger partial charge is 0.342 e. The van der Waals surface area contributed by atoms with Gasteiger partial charge in [-0.1, -0.05) is 6.07 Å². The molecule has 6 nitrogen and oxygen atoms in total. The van der Waals surface area contributed by atoms with E-state index in [2.05, 4.69) is 36.6 Å². The van der Waals surface area contributed by atoms with Gasteiger partial charge in [0.1, 0.15) is 5.82 Å². The molecule has 2 aromatic rings. The van der Waals surface area contributed by atoms with Gasteiger partial charge in [0, 0.05) is 51.2 Å². The van der Waals surface area contributed by atoms with Crippen LogP contribution in [0.15, 0.2) is 36.8 Å². The van der Waals surface area contributed by atoms with Crippen molar-refractivity contribution in [3.63, 3.8) is 0 Å². The maximum absolute atomic E-state index is 12.9. The molecule has 4 rings (SSSR count). The zero-order valence-electron chi connectivity index (χ0n) is 17.5. The molecule has 1 amide bonds. The van der Waals surface area contributed by atoms with Crippen LogP contribution in [-0.2, 0) is 17.9 Å². The second-order valence-electron chi connectivity index (χ2n) is 8.72. The maximum Gasteiger partial charge on any atom is 0.222 e. The summed E-state index contributed by atoms with van der Waals surface area (Å²) in [5.41, 5.74) is 1.13. The van der Waals surface area contributed by atoms with Gasteiger partial charge < -0.3 is 9.47 Å². The fourth-order valence-electron chi connectivity index (χ4n) is 4.76. The Morgan fingerprint density at radius 2 is 1.93 bits per heavy atom. The summed E-state index contributed by atoms with van der Waals surface area (Å²) in [5, 5.41) is 0. The van der Waals surface area contributed by atoms with Crippen LogP contribution >= 0.6 is 0 Å². The highest BCUT2D eigenvalue weighted by Crippen LogP contribution is 2.25. The van der Waals surface area contributed by atoms with Crippen LogP contribution in [0.1, 0.15) is 43.6 Å². The molecule has 0 saturated carbocycles. The number of rotatable bonds is 6. The van der Waals surface area contributed by atoms with E-state index in [0.717, 1.165) is 70.0 Å². The van der Waals surface area contributed by atoms with Crippen LogP contribution in [0.2, 0.25) is 0 Å². The molecule has 2 saturated heterocycles. The topological polar surface area (TPSA) is 54.3 Å². The van der Waals surface area contributed by atoms with Crippen molar-refractivity contribution >= 4 is 5.91 Å². The van der Waals surface area contributed by atoms with E-state index in [4.69, 9.17) is 0 Å². The lowest BCUT2D eigenvalue weighted by atomic mass is 9.91. The second kappa shape index (κ2) is 9.53. The van der Waals surface area contributed by atoms with Gasteiger partial charge in [-0.15, -0.1) is 0 Å². The molecule has 2 aliphatic rings. The molecule has 2 aliphatic heterocycles. The number of piperidine rings is 2. The van der Waals surface area contributed by atoms with E-state index in [1.165, 1.54) is 6.42 Å². The van der Waals surface area contributed by atoms with Gasteiger partial charge in [0.05, 0.1) is 5.69 Å². The number of aryl methyl sites for hydroxylation is 1. The van der Waals surface area contributed by atoms with Crippen LogP contribution < -0.4 is 0 Å². The minimum absolute atomic E-state index is 0.361. The molecule has 1 atom stereocenters. The Morgan fingerprint density at radius 3 is 2.66 bits per heavy atom. The number of imidazole rings is 1. The summed E-state index contributed by atoms with van der Waals surface area (Å²) in [4.78, 5) is 26.3. The van der Waals surface area contributed by atoms with Crippen molar-refractivity contribution in [2.24, 2.45) is 11.8 Å².